The summed E-state index contributed by atoms with van der Waals surface area (Å²) in [5.74, 6) is 1.54. The number of fused-ring (bicyclic) bond motifs is 1. The number of anilines is 1. The van der Waals surface area contributed by atoms with Crippen molar-refractivity contribution in [2.45, 2.75) is 44.9 Å². The van der Waals surface area contributed by atoms with Crippen LogP contribution in [-0.2, 0) is 4.79 Å². The van der Waals surface area contributed by atoms with E-state index in [1.807, 2.05) is 30.5 Å². The Morgan fingerprint density at radius 2 is 1.81 bits per heavy atom. The molecule has 4 heterocycles. The summed E-state index contributed by atoms with van der Waals surface area (Å²) in [6.45, 7) is 2.02. The van der Waals surface area contributed by atoms with Gasteiger partial charge in [0.25, 0.3) is 0 Å². The van der Waals surface area contributed by atoms with Gasteiger partial charge in [-0.3, -0.25) is 9.78 Å². The van der Waals surface area contributed by atoms with E-state index in [1.165, 1.54) is 25.7 Å². The predicted molar refractivity (Wildman–Crippen MR) is 141 cm³/mol. The molecule has 6 rings (SSSR count). The standard InChI is InChI=1S/C29H31N5O2/c35-27(36)17-20-8-10-29(11-9-20)12-15-34(16-13-29)26-7-5-22(19-31-26)28-32-24-6-4-21(18-25(24)33-28)23-3-1-2-14-30-23/h1-7,14,18-20H,8-13,15-17H2,(H,32,33)(H,35,36). The second-order valence-corrected chi connectivity index (χ2v) is 10.5. The highest BCUT2D eigenvalue weighted by Gasteiger charge is 2.38. The molecule has 1 saturated carbocycles. The summed E-state index contributed by atoms with van der Waals surface area (Å²) < 4.78 is 0. The molecule has 4 aromatic rings. The van der Waals surface area contributed by atoms with Crippen molar-refractivity contribution < 1.29 is 9.90 Å². The van der Waals surface area contributed by atoms with E-state index in [4.69, 9.17) is 15.1 Å². The van der Waals surface area contributed by atoms with Gasteiger partial charge in [-0.05, 0) is 86.3 Å². The van der Waals surface area contributed by atoms with Gasteiger partial charge in [-0.1, -0.05) is 12.1 Å². The molecule has 2 N–H and O–H groups in total. The number of rotatable bonds is 5. The second kappa shape index (κ2) is 9.37. The largest absolute Gasteiger partial charge is 0.481 e. The minimum Gasteiger partial charge on any atom is -0.481 e. The number of hydrogen-bond acceptors (Lipinski definition) is 5. The molecule has 1 aromatic carbocycles. The molecule has 7 heteroatoms. The van der Waals surface area contributed by atoms with Gasteiger partial charge >= 0.3 is 5.97 Å². The number of imidazole rings is 1. The van der Waals surface area contributed by atoms with Crippen molar-refractivity contribution in [3.05, 3.63) is 60.9 Å². The summed E-state index contributed by atoms with van der Waals surface area (Å²) in [6, 6.07) is 16.3. The molecule has 0 amide bonds. The molecule has 2 fully saturated rings. The topological polar surface area (TPSA) is 95.0 Å². The predicted octanol–water partition coefficient (Wildman–Crippen LogP) is 5.94. The molecular formula is C29H31N5O2. The van der Waals surface area contributed by atoms with Crippen LogP contribution < -0.4 is 4.90 Å². The molecule has 1 saturated heterocycles. The van der Waals surface area contributed by atoms with Crippen molar-refractivity contribution in [2.24, 2.45) is 11.3 Å². The highest BCUT2D eigenvalue weighted by Crippen LogP contribution is 2.47. The van der Waals surface area contributed by atoms with E-state index < -0.39 is 5.97 Å². The molecule has 36 heavy (non-hydrogen) atoms. The molecule has 1 aliphatic carbocycles. The first kappa shape index (κ1) is 22.7. The zero-order chi connectivity index (χ0) is 24.5. The summed E-state index contributed by atoms with van der Waals surface area (Å²) in [4.78, 5) is 30.9. The van der Waals surface area contributed by atoms with Gasteiger partial charge < -0.3 is 15.0 Å². The molecule has 0 bridgehead atoms. The average Bonchev–Trinajstić information content (AvgIpc) is 3.35. The zero-order valence-corrected chi connectivity index (χ0v) is 20.4. The number of benzene rings is 1. The fourth-order valence-electron chi connectivity index (χ4n) is 6.00. The zero-order valence-electron chi connectivity index (χ0n) is 20.4. The van der Waals surface area contributed by atoms with E-state index in [9.17, 15) is 4.79 Å². The van der Waals surface area contributed by atoms with Gasteiger partial charge in [0.2, 0.25) is 0 Å². The van der Waals surface area contributed by atoms with Crippen molar-refractivity contribution in [2.75, 3.05) is 18.0 Å². The molecule has 3 aromatic heterocycles. The average molecular weight is 482 g/mol. The number of nitrogens with one attached hydrogen (secondary N) is 1. The van der Waals surface area contributed by atoms with Crippen molar-refractivity contribution in [3.8, 4) is 22.6 Å². The summed E-state index contributed by atoms with van der Waals surface area (Å²) in [6.07, 6.45) is 10.8. The van der Waals surface area contributed by atoms with Gasteiger partial charge in [0, 0.05) is 43.0 Å². The highest BCUT2D eigenvalue weighted by atomic mass is 16.4. The first-order valence-electron chi connectivity index (χ1n) is 12.9. The lowest BCUT2D eigenvalue weighted by molar-refractivity contribution is -0.138. The number of aromatic nitrogens is 4. The number of carbonyl (C=O) groups is 1. The Morgan fingerprint density at radius 1 is 1.00 bits per heavy atom. The van der Waals surface area contributed by atoms with Crippen molar-refractivity contribution in [1.82, 2.24) is 19.9 Å². The van der Waals surface area contributed by atoms with E-state index in [2.05, 4.69) is 39.1 Å². The number of aromatic amines is 1. The van der Waals surface area contributed by atoms with E-state index >= 15 is 0 Å². The maximum absolute atomic E-state index is 11.0. The maximum Gasteiger partial charge on any atom is 0.303 e. The number of carboxylic acid groups (broad SMARTS) is 1. The monoisotopic (exact) mass is 481 g/mol. The number of piperidine rings is 1. The Hall–Kier alpha value is -3.74. The van der Waals surface area contributed by atoms with Gasteiger partial charge in [0.1, 0.15) is 11.6 Å². The number of H-pyrrole nitrogens is 1. The number of carboxylic acids is 1. The van der Waals surface area contributed by atoms with Crippen LogP contribution in [0.25, 0.3) is 33.7 Å². The van der Waals surface area contributed by atoms with Crippen LogP contribution in [0.4, 0.5) is 5.82 Å². The SMILES string of the molecule is O=C(O)CC1CCC2(CC1)CCN(c1ccc(-c3nc4ccc(-c5ccccn5)cc4[nH]3)cn1)CC2. The number of pyridine rings is 2. The van der Waals surface area contributed by atoms with Gasteiger partial charge in [-0.25, -0.2) is 9.97 Å². The number of nitrogens with zero attached hydrogens (tertiary/aromatic N) is 4. The first-order valence-corrected chi connectivity index (χ1v) is 12.9. The van der Waals surface area contributed by atoms with E-state index in [0.717, 1.165) is 65.4 Å². The number of aliphatic carboxylic acids is 1. The van der Waals surface area contributed by atoms with Crippen LogP contribution in [0.5, 0.6) is 0 Å². The normalized spacial score (nSPS) is 18.1. The lowest BCUT2D eigenvalue weighted by Crippen LogP contribution is -2.42. The molecule has 184 valence electrons. The third-order valence-corrected chi connectivity index (χ3v) is 8.24. The maximum atomic E-state index is 11.0. The van der Waals surface area contributed by atoms with Crippen LogP contribution in [0.2, 0.25) is 0 Å². The molecule has 0 radical (unpaired) electrons. The Morgan fingerprint density at radius 3 is 2.50 bits per heavy atom. The van der Waals surface area contributed by atoms with E-state index in [-0.39, 0.29) is 0 Å². The van der Waals surface area contributed by atoms with Crippen LogP contribution in [0.15, 0.2) is 60.9 Å². The van der Waals surface area contributed by atoms with Crippen LogP contribution >= 0.6 is 0 Å². The third-order valence-electron chi connectivity index (χ3n) is 8.24. The van der Waals surface area contributed by atoms with Gasteiger partial charge in [-0.15, -0.1) is 0 Å². The van der Waals surface area contributed by atoms with Gasteiger partial charge in [0.15, 0.2) is 0 Å². The Balaban J connectivity index is 1.11. The Bertz CT molecular complexity index is 1350. The molecular weight excluding hydrogens is 450 g/mol. The van der Waals surface area contributed by atoms with Crippen molar-refractivity contribution in [3.63, 3.8) is 0 Å². The fraction of sp³-hybridized carbons (Fsp3) is 0.379. The van der Waals surface area contributed by atoms with E-state index in [1.54, 1.807) is 6.20 Å². The highest BCUT2D eigenvalue weighted by molar-refractivity contribution is 5.84. The van der Waals surface area contributed by atoms with Crippen molar-refractivity contribution in [1.29, 1.82) is 0 Å². The Labute approximate surface area is 210 Å². The van der Waals surface area contributed by atoms with Crippen LogP contribution in [0.1, 0.15) is 44.9 Å². The third kappa shape index (κ3) is 4.57. The summed E-state index contributed by atoms with van der Waals surface area (Å²) in [5.41, 5.74) is 5.28. The van der Waals surface area contributed by atoms with Gasteiger partial charge in [0.05, 0.1) is 16.7 Å². The fourth-order valence-corrected chi connectivity index (χ4v) is 6.00. The molecule has 1 spiro atoms. The molecule has 2 aliphatic rings. The molecule has 1 aliphatic heterocycles. The minimum atomic E-state index is -0.655. The Kier molecular flexibility index (Phi) is 5.91. The molecule has 0 unspecified atom stereocenters. The molecule has 7 nitrogen and oxygen atoms in total. The minimum absolute atomic E-state index is 0.328. The quantitative estimate of drug-likeness (QED) is 0.366. The smallest absolute Gasteiger partial charge is 0.303 e. The lowest BCUT2D eigenvalue weighted by Gasteiger charge is -2.46. The van der Waals surface area contributed by atoms with Crippen LogP contribution in [0.3, 0.4) is 0 Å². The molecule has 0 atom stereocenters. The number of hydrogen-bond donors (Lipinski definition) is 2. The first-order chi connectivity index (χ1) is 17.6. The van der Waals surface area contributed by atoms with Crippen LogP contribution in [-0.4, -0.2) is 44.1 Å². The summed E-state index contributed by atoms with van der Waals surface area (Å²) in [5, 5.41) is 9.09. The van der Waals surface area contributed by atoms with E-state index in [0.29, 0.717) is 17.8 Å². The van der Waals surface area contributed by atoms with Crippen LogP contribution in [0, 0.1) is 11.3 Å². The second-order valence-electron chi connectivity index (χ2n) is 10.5. The van der Waals surface area contributed by atoms with Gasteiger partial charge in [-0.2, -0.15) is 0 Å². The summed E-state index contributed by atoms with van der Waals surface area (Å²) >= 11 is 0. The van der Waals surface area contributed by atoms with Crippen molar-refractivity contribution >= 4 is 22.8 Å². The lowest BCUT2D eigenvalue weighted by atomic mass is 9.65. The summed E-state index contributed by atoms with van der Waals surface area (Å²) in [7, 11) is 0.